The minimum absolute atomic E-state index is 0.000822. The van der Waals surface area contributed by atoms with Crippen molar-refractivity contribution >= 4 is 11.6 Å². The number of aryl methyl sites for hydroxylation is 1. The van der Waals surface area contributed by atoms with E-state index in [1.54, 1.807) is 0 Å². The Bertz CT molecular complexity index is 842. The van der Waals surface area contributed by atoms with Crippen LogP contribution in [0.1, 0.15) is 18.4 Å². The maximum Gasteiger partial charge on any atom is 0.224 e. The number of rotatable bonds is 7. The molecule has 3 nitrogen and oxygen atoms in total. The summed E-state index contributed by atoms with van der Waals surface area (Å²) in [7, 11) is 0. The average Bonchev–Trinajstić information content (AvgIpc) is 2.68. The molecule has 0 aliphatic rings. The minimum atomic E-state index is 0.000822. The molecule has 0 unspecified atom stereocenters. The highest BCUT2D eigenvalue weighted by molar-refractivity contribution is 5.95. The zero-order chi connectivity index (χ0) is 18.2. The Morgan fingerprint density at radius 2 is 1.58 bits per heavy atom. The van der Waals surface area contributed by atoms with Crippen LogP contribution in [-0.4, -0.2) is 12.5 Å². The minimum Gasteiger partial charge on any atom is -0.494 e. The van der Waals surface area contributed by atoms with Crippen LogP contribution < -0.4 is 10.1 Å². The van der Waals surface area contributed by atoms with Gasteiger partial charge >= 0.3 is 0 Å². The lowest BCUT2D eigenvalue weighted by atomic mass is 10.0. The molecule has 0 heterocycles. The zero-order valence-electron chi connectivity index (χ0n) is 14.9. The van der Waals surface area contributed by atoms with Gasteiger partial charge in [0.15, 0.2) is 0 Å². The van der Waals surface area contributed by atoms with Crippen LogP contribution in [0.5, 0.6) is 5.75 Å². The van der Waals surface area contributed by atoms with Gasteiger partial charge in [0.25, 0.3) is 0 Å². The number of hydrogen-bond acceptors (Lipinski definition) is 2. The standard InChI is InChI=1S/C23H23NO2/c1-18-13-15-20(16-14-18)26-17-7-12-23(25)24-22-11-6-5-10-21(22)19-8-3-2-4-9-19/h2-6,8-11,13-16H,7,12,17H2,1H3,(H,24,25). The number of carbonyl (C=O) groups is 1. The molecule has 0 atom stereocenters. The topological polar surface area (TPSA) is 38.3 Å². The lowest BCUT2D eigenvalue weighted by Crippen LogP contribution is -2.13. The van der Waals surface area contributed by atoms with Gasteiger partial charge in [-0.15, -0.1) is 0 Å². The number of carbonyl (C=O) groups excluding carboxylic acids is 1. The van der Waals surface area contributed by atoms with Crippen LogP contribution >= 0.6 is 0 Å². The van der Waals surface area contributed by atoms with Gasteiger partial charge < -0.3 is 10.1 Å². The number of amides is 1. The lowest BCUT2D eigenvalue weighted by molar-refractivity contribution is -0.116. The second-order valence-corrected chi connectivity index (χ2v) is 6.22. The van der Waals surface area contributed by atoms with Gasteiger partial charge in [-0.05, 0) is 37.1 Å². The van der Waals surface area contributed by atoms with Gasteiger partial charge in [-0.2, -0.15) is 0 Å². The van der Waals surface area contributed by atoms with E-state index in [0.717, 1.165) is 22.6 Å². The highest BCUT2D eigenvalue weighted by Crippen LogP contribution is 2.27. The molecule has 3 rings (SSSR count). The summed E-state index contributed by atoms with van der Waals surface area (Å²) in [5, 5.41) is 3.02. The Morgan fingerprint density at radius 1 is 0.885 bits per heavy atom. The molecule has 26 heavy (non-hydrogen) atoms. The number of ether oxygens (including phenoxy) is 1. The first-order valence-electron chi connectivity index (χ1n) is 8.86. The Balaban J connectivity index is 1.52. The molecule has 0 spiro atoms. The summed E-state index contributed by atoms with van der Waals surface area (Å²) < 4.78 is 5.67. The van der Waals surface area contributed by atoms with Crippen molar-refractivity contribution < 1.29 is 9.53 Å². The first-order valence-corrected chi connectivity index (χ1v) is 8.86. The molecule has 0 saturated carbocycles. The molecular weight excluding hydrogens is 322 g/mol. The van der Waals surface area contributed by atoms with E-state index < -0.39 is 0 Å². The summed E-state index contributed by atoms with van der Waals surface area (Å²) in [6, 6.07) is 25.9. The fraction of sp³-hybridized carbons (Fsp3) is 0.174. The van der Waals surface area contributed by atoms with Gasteiger partial charge in [-0.3, -0.25) is 4.79 Å². The molecule has 0 aliphatic carbocycles. The summed E-state index contributed by atoms with van der Waals surface area (Å²) in [5.74, 6) is 0.839. The maximum absolute atomic E-state index is 12.3. The fourth-order valence-corrected chi connectivity index (χ4v) is 2.73. The maximum atomic E-state index is 12.3. The molecule has 0 aliphatic heterocycles. The van der Waals surface area contributed by atoms with Crippen molar-refractivity contribution in [3.8, 4) is 16.9 Å². The SMILES string of the molecule is Cc1ccc(OCCCC(=O)Nc2ccccc2-c2ccccc2)cc1. The second-order valence-electron chi connectivity index (χ2n) is 6.22. The molecule has 0 bridgehead atoms. The molecule has 0 radical (unpaired) electrons. The summed E-state index contributed by atoms with van der Waals surface area (Å²) in [6.07, 6.45) is 1.10. The van der Waals surface area contributed by atoms with Crippen LogP contribution in [0.4, 0.5) is 5.69 Å². The molecule has 0 aromatic heterocycles. The summed E-state index contributed by atoms with van der Waals surface area (Å²) in [6.45, 7) is 2.57. The molecular formula is C23H23NO2. The van der Waals surface area contributed by atoms with Crippen LogP contribution in [0.25, 0.3) is 11.1 Å². The third-order valence-corrected chi connectivity index (χ3v) is 4.12. The summed E-state index contributed by atoms with van der Waals surface area (Å²) in [5.41, 5.74) is 4.15. The van der Waals surface area contributed by atoms with E-state index in [2.05, 4.69) is 5.32 Å². The van der Waals surface area contributed by atoms with Gasteiger partial charge in [0.05, 0.1) is 6.61 Å². The summed E-state index contributed by atoms with van der Waals surface area (Å²) >= 11 is 0. The number of hydrogen-bond donors (Lipinski definition) is 1. The molecule has 1 N–H and O–H groups in total. The number of benzene rings is 3. The van der Waals surface area contributed by atoms with Crippen molar-refractivity contribution in [2.24, 2.45) is 0 Å². The van der Waals surface area contributed by atoms with Crippen LogP contribution in [-0.2, 0) is 4.79 Å². The number of nitrogens with one attached hydrogen (secondary N) is 1. The van der Waals surface area contributed by atoms with Crippen molar-refractivity contribution in [3.63, 3.8) is 0 Å². The average molecular weight is 345 g/mol. The van der Waals surface area contributed by atoms with Crippen LogP contribution in [0.3, 0.4) is 0 Å². The van der Waals surface area contributed by atoms with Crippen LogP contribution in [0, 0.1) is 6.92 Å². The van der Waals surface area contributed by atoms with Crippen molar-refractivity contribution in [2.75, 3.05) is 11.9 Å². The molecule has 0 saturated heterocycles. The van der Waals surface area contributed by atoms with E-state index in [1.165, 1.54) is 5.56 Å². The molecule has 132 valence electrons. The van der Waals surface area contributed by atoms with E-state index in [1.807, 2.05) is 85.8 Å². The molecule has 1 amide bonds. The van der Waals surface area contributed by atoms with Gasteiger partial charge in [0.2, 0.25) is 5.91 Å². The Kier molecular flexibility index (Phi) is 6.05. The van der Waals surface area contributed by atoms with Gasteiger partial charge in [0, 0.05) is 17.7 Å². The lowest BCUT2D eigenvalue weighted by Gasteiger charge is -2.11. The molecule has 3 aromatic carbocycles. The Hall–Kier alpha value is -3.07. The van der Waals surface area contributed by atoms with Crippen molar-refractivity contribution in [2.45, 2.75) is 19.8 Å². The van der Waals surface area contributed by atoms with Gasteiger partial charge in [-0.25, -0.2) is 0 Å². The monoisotopic (exact) mass is 345 g/mol. The molecule has 3 heteroatoms. The quantitative estimate of drug-likeness (QED) is 0.577. The van der Waals surface area contributed by atoms with Gasteiger partial charge in [0.1, 0.15) is 5.75 Å². The first-order chi connectivity index (χ1) is 12.7. The molecule has 3 aromatic rings. The Labute approximate surface area is 154 Å². The van der Waals surface area contributed by atoms with E-state index in [-0.39, 0.29) is 5.91 Å². The smallest absolute Gasteiger partial charge is 0.224 e. The third-order valence-electron chi connectivity index (χ3n) is 4.12. The van der Waals surface area contributed by atoms with Crippen molar-refractivity contribution in [1.29, 1.82) is 0 Å². The number of anilines is 1. The van der Waals surface area contributed by atoms with Crippen molar-refractivity contribution in [1.82, 2.24) is 0 Å². The predicted molar refractivity (Wildman–Crippen MR) is 106 cm³/mol. The first kappa shape index (κ1) is 17.7. The third kappa shape index (κ3) is 4.96. The van der Waals surface area contributed by atoms with E-state index in [4.69, 9.17) is 4.74 Å². The second kappa shape index (κ2) is 8.86. The normalized spacial score (nSPS) is 10.3. The van der Waals surface area contributed by atoms with E-state index >= 15 is 0 Å². The Morgan fingerprint density at radius 3 is 2.35 bits per heavy atom. The van der Waals surface area contributed by atoms with E-state index in [0.29, 0.717) is 19.4 Å². The van der Waals surface area contributed by atoms with Gasteiger partial charge in [-0.1, -0.05) is 66.2 Å². The van der Waals surface area contributed by atoms with Crippen molar-refractivity contribution in [3.05, 3.63) is 84.4 Å². The number of para-hydroxylation sites is 1. The molecule has 0 fully saturated rings. The largest absolute Gasteiger partial charge is 0.494 e. The van der Waals surface area contributed by atoms with E-state index in [9.17, 15) is 4.79 Å². The van der Waals surface area contributed by atoms with Crippen LogP contribution in [0.15, 0.2) is 78.9 Å². The fourth-order valence-electron chi connectivity index (χ4n) is 2.73. The predicted octanol–water partition coefficient (Wildman–Crippen LogP) is 5.46. The highest BCUT2D eigenvalue weighted by atomic mass is 16.5. The highest BCUT2D eigenvalue weighted by Gasteiger charge is 2.08. The van der Waals surface area contributed by atoms with Crippen LogP contribution in [0.2, 0.25) is 0 Å². The summed E-state index contributed by atoms with van der Waals surface area (Å²) in [4.78, 5) is 12.3. The zero-order valence-corrected chi connectivity index (χ0v) is 14.9.